The standard InChI is InChI=1S/C12H19N3/c1-15-8-3-5-11(6-9-15)14-12-4-2-7-13-10-12/h2,4,7,10-11,14H,3,5-6,8-9H2,1H3. The Hall–Kier alpha value is -1.09. The number of likely N-dealkylation sites (tertiary alicyclic amines) is 1. The first kappa shape index (κ1) is 10.4. The molecule has 0 aromatic carbocycles. The molecule has 2 rings (SSSR count). The van der Waals surface area contributed by atoms with E-state index in [9.17, 15) is 0 Å². The van der Waals surface area contributed by atoms with Crippen LogP contribution in [0.4, 0.5) is 5.69 Å². The minimum atomic E-state index is 0.610. The third-order valence-corrected chi connectivity index (χ3v) is 2.98. The molecule has 1 saturated heterocycles. The summed E-state index contributed by atoms with van der Waals surface area (Å²) >= 11 is 0. The zero-order valence-electron chi connectivity index (χ0n) is 9.32. The molecule has 3 heteroatoms. The number of pyridine rings is 1. The lowest BCUT2D eigenvalue weighted by atomic mass is 10.1. The van der Waals surface area contributed by atoms with Crippen LogP contribution in [0.25, 0.3) is 0 Å². The fourth-order valence-electron chi connectivity index (χ4n) is 2.07. The van der Waals surface area contributed by atoms with E-state index < -0.39 is 0 Å². The molecule has 1 atom stereocenters. The molecule has 1 aliphatic heterocycles. The Balaban J connectivity index is 1.89. The van der Waals surface area contributed by atoms with E-state index in [0.29, 0.717) is 6.04 Å². The molecule has 1 N–H and O–H groups in total. The van der Waals surface area contributed by atoms with Crippen LogP contribution in [0.5, 0.6) is 0 Å². The summed E-state index contributed by atoms with van der Waals surface area (Å²) in [6.07, 6.45) is 7.49. The topological polar surface area (TPSA) is 28.2 Å². The highest BCUT2D eigenvalue weighted by Crippen LogP contribution is 2.15. The number of nitrogens with zero attached hydrogens (tertiary/aromatic N) is 2. The summed E-state index contributed by atoms with van der Waals surface area (Å²) in [5, 5.41) is 3.55. The maximum absolute atomic E-state index is 4.12. The van der Waals surface area contributed by atoms with Crippen LogP contribution in [0.1, 0.15) is 19.3 Å². The second-order valence-electron chi connectivity index (χ2n) is 4.32. The lowest BCUT2D eigenvalue weighted by Crippen LogP contribution is -2.22. The van der Waals surface area contributed by atoms with Gasteiger partial charge in [-0.15, -0.1) is 0 Å². The Morgan fingerprint density at radius 3 is 3.13 bits per heavy atom. The van der Waals surface area contributed by atoms with Crippen molar-refractivity contribution in [1.29, 1.82) is 0 Å². The molecule has 0 bridgehead atoms. The molecule has 0 saturated carbocycles. The molecule has 0 radical (unpaired) electrons. The summed E-state index contributed by atoms with van der Waals surface area (Å²) in [6.45, 7) is 2.42. The van der Waals surface area contributed by atoms with Gasteiger partial charge >= 0.3 is 0 Å². The molecule has 15 heavy (non-hydrogen) atoms. The van der Waals surface area contributed by atoms with Crippen molar-refractivity contribution in [2.45, 2.75) is 25.3 Å². The third-order valence-electron chi connectivity index (χ3n) is 2.98. The van der Waals surface area contributed by atoms with Gasteiger partial charge in [0.15, 0.2) is 0 Å². The number of aromatic nitrogens is 1. The van der Waals surface area contributed by atoms with Crippen molar-refractivity contribution in [1.82, 2.24) is 9.88 Å². The Kier molecular flexibility index (Phi) is 3.56. The highest BCUT2D eigenvalue weighted by Gasteiger charge is 2.14. The van der Waals surface area contributed by atoms with Crippen molar-refractivity contribution in [3.63, 3.8) is 0 Å². The zero-order valence-corrected chi connectivity index (χ0v) is 9.32. The van der Waals surface area contributed by atoms with Gasteiger partial charge < -0.3 is 10.2 Å². The quantitative estimate of drug-likeness (QED) is 0.800. The number of rotatable bonds is 2. The van der Waals surface area contributed by atoms with Gasteiger partial charge in [0.25, 0.3) is 0 Å². The minimum absolute atomic E-state index is 0.610. The smallest absolute Gasteiger partial charge is 0.0528 e. The van der Waals surface area contributed by atoms with Crippen molar-refractivity contribution in [2.75, 3.05) is 25.5 Å². The third kappa shape index (κ3) is 3.20. The van der Waals surface area contributed by atoms with Crippen molar-refractivity contribution < 1.29 is 0 Å². The molecule has 2 heterocycles. The lowest BCUT2D eigenvalue weighted by Gasteiger charge is -2.17. The second-order valence-corrected chi connectivity index (χ2v) is 4.32. The molecule has 3 nitrogen and oxygen atoms in total. The highest BCUT2D eigenvalue weighted by molar-refractivity contribution is 5.40. The summed E-state index contributed by atoms with van der Waals surface area (Å²) < 4.78 is 0. The zero-order chi connectivity index (χ0) is 10.5. The number of hydrogen-bond donors (Lipinski definition) is 1. The molecule has 1 fully saturated rings. The van der Waals surface area contributed by atoms with Gasteiger partial charge in [0, 0.05) is 18.4 Å². The molecule has 1 aliphatic rings. The monoisotopic (exact) mass is 205 g/mol. The average molecular weight is 205 g/mol. The fourth-order valence-corrected chi connectivity index (χ4v) is 2.07. The largest absolute Gasteiger partial charge is 0.381 e. The summed E-state index contributed by atoms with van der Waals surface area (Å²) in [5.74, 6) is 0. The molecular weight excluding hydrogens is 186 g/mol. The summed E-state index contributed by atoms with van der Waals surface area (Å²) in [7, 11) is 2.20. The number of anilines is 1. The number of hydrogen-bond acceptors (Lipinski definition) is 3. The first-order valence-electron chi connectivity index (χ1n) is 5.70. The van der Waals surface area contributed by atoms with E-state index in [2.05, 4.69) is 28.3 Å². The lowest BCUT2D eigenvalue weighted by molar-refractivity contribution is 0.348. The van der Waals surface area contributed by atoms with Gasteiger partial charge in [0.2, 0.25) is 0 Å². The summed E-state index contributed by atoms with van der Waals surface area (Å²) in [6, 6.07) is 4.67. The van der Waals surface area contributed by atoms with Crippen molar-refractivity contribution in [3.8, 4) is 0 Å². The van der Waals surface area contributed by atoms with E-state index in [0.717, 1.165) is 5.69 Å². The van der Waals surface area contributed by atoms with Crippen LogP contribution in [-0.2, 0) is 0 Å². The van der Waals surface area contributed by atoms with Gasteiger partial charge in [-0.25, -0.2) is 0 Å². The Morgan fingerprint density at radius 1 is 1.40 bits per heavy atom. The van der Waals surface area contributed by atoms with Crippen LogP contribution in [-0.4, -0.2) is 36.1 Å². The van der Waals surface area contributed by atoms with Crippen LogP contribution in [0.2, 0.25) is 0 Å². The Labute approximate surface area is 91.5 Å². The van der Waals surface area contributed by atoms with Gasteiger partial charge in [0.05, 0.1) is 5.69 Å². The van der Waals surface area contributed by atoms with Crippen LogP contribution in [0.15, 0.2) is 24.5 Å². The van der Waals surface area contributed by atoms with Crippen LogP contribution in [0.3, 0.4) is 0 Å². The molecule has 0 spiro atoms. The summed E-state index contributed by atoms with van der Waals surface area (Å²) in [5.41, 5.74) is 1.15. The van der Waals surface area contributed by atoms with E-state index in [1.54, 1.807) is 0 Å². The van der Waals surface area contributed by atoms with Gasteiger partial charge in [0.1, 0.15) is 0 Å². The van der Waals surface area contributed by atoms with Crippen molar-refractivity contribution >= 4 is 5.69 Å². The molecule has 1 aromatic heterocycles. The average Bonchev–Trinajstić information content (AvgIpc) is 2.46. The normalized spacial score (nSPS) is 23.4. The number of nitrogens with one attached hydrogen (secondary N) is 1. The van der Waals surface area contributed by atoms with Gasteiger partial charge in [-0.05, 0) is 51.5 Å². The van der Waals surface area contributed by atoms with E-state index in [1.807, 2.05) is 18.5 Å². The molecule has 0 aliphatic carbocycles. The van der Waals surface area contributed by atoms with Crippen LogP contribution >= 0.6 is 0 Å². The van der Waals surface area contributed by atoms with E-state index in [1.165, 1.54) is 32.4 Å². The molecule has 82 valence electrons. The van der Waals surface area contributed by atoms with Gasteiger partial charge in [-0.2, -0.15) is 0 Å². The maximum atomic E-state index is 4.12. The Bertz CT molecular complexity index is 286. The molecular formula is C12H19N3. The van der Waals surface area contributed by atoms with E-state index in [-0.39, 0.29) is 0 Å². The molecule has 1 aromatic rings. The first-order valence-corrected chi connectivity index (χ1v) is 5.70. The SMILES string of the molecule is CN1CCCC(Nc2cccnc2)CC1. The van der Waals surface area contributed by atoms with E-state index >= 15 is 0 Å². The predicted molar refractivity (Wildman–Crippen MR) is 63.0 cm³/mol. The minimum Gasteiger partial charge on any atom is -0.381 e. The maximum Gasteiger partial charge on any atom is 0.0528 e. The van der Waals surface area contributed by atoms with Gasteiger partial charge in [-0.1, -0.05) is 0 Å². The Morgan fingerprint density at radius 2 is 2.33 bits per heavy atom. The van der Waals surface area contributed by atoms with Crippen molar-refractivity contribution in [3.05, 3.63) is 24.5 Å². The predicted octanol–water partition coefficient (Wildman–Crippen LogP) is 1.98. The van der Waals surface area contributed by atoms with E-state index in [4.69, 9.17) is 0 Å². The highest BCUT2D eigenvalue weighted by atomic mass is 15.1. The summed E-state index contributed by atoms with van der Waals surface area (Å²) in [4.78, 5) is 6.52. The van der Waals surface area contributed by atoms with Gasteiger partial charge in [-0.3, -0.25) is 4.98 Å². The fraction of sp³-hybridized carbons (Fsp3) is 0.583. The first-order chi connectivity index (χ1) is 7.34. The molecule has 1 unspecified atom stereocenters. The second kappa shape index (κ2) is 5.12. The van der Waals surface area contributed by atoms with Crippen LogP contribution < -0.4 is 5.32 Å². The molecule has 0 amide bonds. The van der Waals surface area contributed by atoms with Crippen LogP contribution in [0, 0.1) is 0 Å². The van der Waals surface area contributed by atoms with Crippen molar-refractivity contribution in [2.24, 2.45) is 0 Å².